The maximum Gasteiger partial charge on any atom is 0.124 e. The predicted molar refractivity (Wildman–Crippen MR) is 67.3 cm³/mol. The van der Waals surface area contributed by atoms with E-state index in [0.717, 1.165) is 22.0 Å². The first-order chi connectivity index (χ1) is 7.84. The summed E-state index contributed by atoms with van der Waals surface area (Å²) in [5.41, 5.74) is 8.91. The number of benzene rings is 1. The molecule has 0 bridgehead atoms. The van der Waals surface area contributed by atoms with Crippen LogP contribution in [0.2, 0.25) is 0 Å². The van der Waals surface area contributed by atoms with Gasteiger partial charge < -0.3 is 5.73 Å². The fourth-order valence-corrected chi connectivity index (χ4v) is 2.31. The number of para-hydroxylation sites is 1. The molecule has 2 N–H and O–H groups in total. The number of hydrogen-bond donors (Lipinski definition) is 1. The molecule has 3 nitrogen and oxygen atoms in total. The first kappa shape index (κ1) is 9.30. The standard InChI is InChI=1S/C12H9N3S/c13-12-5-10(8-6-14-16-7-8)9-3-1-2-4-11(9)15-12/h1-7H,(H2,13,15). The van der Waals surface area contributed by atoms with Gasteiger partial charge in [0.25, 0.3) is 0 Å². The summed E-state index contributed by atoms with van der Waals surface area (Å²) in [4.78, 5) is 4.31. The summed E-state index contributed by atoms with van der Waals surface area (Å²) in [7, 11) is 0. The van der Waals surface area contributed by atoms with E-state index in [2.05, 4.69) is 15.4 Å². The van der Waals surface area contributed by atoms with Crippen molar-refractivity contribution in [3.05, 3.63) is 41.9 Å². The molecule has 3 rings (SSSR count). The Hall–Kier alpha value is -1.94. The number of nitrogens with two attached hydrogens (primary N) is 1. The van der Waals surface area contributed by atoms with Crippen LogP contribution in [-0.4, -0.2) is 9.36 Å². The van der Waals surface area contributed by atoms with Crippen molar-refractivity contribution in [2.24, 2.45) is 0 Å². The first-order valence-electron chi connectivity index (χ1n) is 4.89. The molecule has 0 saturated carbocycles. The highest BCUT2D eigenvalue weighted by molar-refractivity contribution is 7.03. The molecule has 3 aromatic rings. The molecule has 1 aromatic carbocycles. The van der Waals surface area contributed by atoms with Gasteiger partial charge in [-0.2, -0.15) is 0 Å². The number of rotatable bonds is 1. The smallest absolute Gasteiger partial charge is 0.124 e. The number of hydrogen-bond acceptors (Lipinski definition) is 4. The summed E-state index contributed by atoms with van der Waals surface area (Å²) in [6.07, 6.45) is 1.85. The molecule has 0 fully saturated rings. The summed E-state index contributed by atoms with van der Waals surface area (Å²) in [5, 5.41) is 3.12. The van der Waals surface area contributed by atoms with Crippen LogP contribution in [0.25, 0.3) is 22.0 Å². The van der Waals surface area contributed by atoms with E-state index < -0.39 is 0 Å². The highest BCUT2D eigenvalue weighted by Gasteiger charge is 2.06. The van der Waals surface area contributed by atoms with Crippen LogP contribution in [0, 0.1) is 0 Å². The van der Waals surface area contributed by atoms with Crippen LogP contribution >= 0.6 is 11.5 Å². The van der Waals surface area contributed by atoms with Gasteiger partial charge in [0.1, 0.15) is 5.82 Å². The van der Waals surface area contributed by atoms with Crippen molar-refractivity contribution in [3.63, 3.8) is 0 Å². The molecule has 0 radical (unpaired) electrons. The molecule has 0 unspecified atom stereocenters. The maximum atomic E-state index is 5.80. The Kier molecular flexibility index (Phi) is 2.08. The van der Waals surface area contributed by atoms with Crippen molar-refractivity contribution >= 4 is 28.3 Å². The van der Waals surface area contributed by atoms with Crippen LogP contribution in [0.1, 0.15) is 0 Å². The van der Waals surface area contributed by atoms with Gasteiger partial charge in [0.2, 0.25) is 0 Å². The van der Waals surface area contributed by atoms with Crippen molar-refractivity contribution < 1.29 is 0 Å². The van der Waals surface area contributed by atoms with Gasteiger partial charge in [-0.1, -0.05) is 18.2 Å². The van der Waals surface area contributed by atoms with Crippen molar-refractivity contribution in [3.8, 4) is 11.1 Å². The van der Waals surface area contributed by atoms with Gasteiger partial charge in [0, 0.05) is 22.5 Å². The third kappa shape index (κ3) is 1.44. The third-order valence-corrected chi connectivity index (χ3v) is 3.07. The van der Waals surface area contributed by atoms with Gasteiger partial charge >= 0.3 is 0 Å². The van der Waals surface area contributed by atoms with Crippen molar-refractivity contribution in [2.45, 2.75) is 0 Å². The van der Waals surface area contributed by atoms with E-state index in [1.807, 2.05) is 35.8 Å². The molecule has 16 heavy (non-hydrogen) atoms. The van der Waals surface area contributed by atoms with Gasteiger partial charge in [0.15, 0.2) is 0 Å². The number of pyridine rings is 1. The van der Waals surface area contributed by atoms with E-state index in [0.29, 0.717) is 5.82 Å². The van der Waals surface area contributed by atoms with E-state index in [-0.39, 0.29) is 0 Å². The van der Waals surface area contributed by atoms with Gasteiger partial charge in [0.05, 0.1) is 5.52 Å². The van der Waals surface area contributed by atoms with Crippen LogP contribution < -0.4 is 5.73 Å². The third-order valence-electron chi connectivity index (χ3n) is 2.48. The SMILES string of the molecule is Nc1cc(-c2cnsc2)c2ccccc2n1. The average molecular weight is 227 g/mol. The Balaban J connectivity index is 2.39. The summed E-state index contributed by atoms with van der Waals surface area (Å²) in [5.74, 6) is 0.542. The lowest BCUT2D eigenvalue weighted by Crippen LogP contribution is -1.92. The zero-order valence-electron chi connectivity index (χ0n) is 8.42. The fourth-order valence-electron chi connectivity index (χ4n) is 1.77. The predicted octanol–water partition coefficient (Wildman–Crippen LogP) is 2.94. The fraction of sp³-hybridized carbons (Fsp3) is 0. The Morgan fingerprint density at radius 1 is 1.19 bits per heavy atom. The molecule has 4 heteroatoms. The molecule has 0 aliphatic rings. The van der Waals surface area contributed by atoms with Crippen molar-refractivity contribution in [2.75, 3.05) is 5.73 Å². The minimum Gasteiger partial charge on any atom is -0.384 e. The summed E-state index contributed by atoms with van der Waals surface area (Å²) >= 11 is 1.44. The molecule has 2 heterocycles. The quantitative estimate of drug-likeness (QED) is 0.695. The molecule has 0 atom stereocenters. The normalized spacial score (nSPS) is 10.8. The zero-order chi connectivity index (χ0) is 11.0. The molecule has 0 amide bonds. The van der Waals surface area contributed by atoms with Gasteiger partial charge in [-0.3, -0.25) is 0 Å². The second-order valence-corrected chi connectivity index (χ2v) is 4.18. The number of anilines is 1. The lowest BCUT2D eigenvalue weighted by atomic mass is 10.0. The van der Waals surface area contributed by atoms with E-state index in [9.17, 15) is 0 Å². The molecular weight excluding hydrogens is 218 g/mol. The lowest BCUT2D eigenvalue weighted by Gasteiger charge is -2.05. The topological polar surface area (TPSA) is 51.8 Å². The molecule has 78 valence electrons. The highest BCUT2D eigenvalue weighted by Crippen LogP contribution is 2.29. The lowest BCUT2D eigenvalue weighted by molar-refractivity contribution is 1.41. The highest BCUT2D eigenvalue weighted by atomic mass is 32.1. The van der Waals surface area contributed by atoms with Crippen LogP contribution in [0.4, 0.5) is 5.82 Å². The molecule has 2 aromatic heterocycles. The first-order valence-corrected chi connectivity index (χ1v) is 5.73. The molecule has 0 aliphatic heterocycles. The Labute approximate surface area is 96.7 Å². The van der Waals surface area contributed by atoms with Gasteiger partial charge in [-0.25, -0.2) is 9.36 Å². The van der Waals surface area contributed by atoms with Crippen LogP contribution in [-0.2, 0) is 0 Å². The van der Waals surface area contributed by atoms with Crippen LogP contribution in [0.15, 0.2) is 41.9 Å². The minimum atomic E-state index is 0.542. The summed E-state index contributed by atoms with van der Waals surface area (Å²) < 4.78 is 4.12. The minimum absolute atomic E-state index is 0.542. The zero-order valence-corrected chi connectivity index (χ0v) is 9.24. The number of aromatic nitrogens is 2. The Bertz CT molecular complexity index is 632. The Morgan fingerprint density at radius 2 is 2.06 bits per heavy atom. The number of nitrogen functional groups attached to an aromatic ring is 1. The number of nitrogens with zero attached hydrogens (tertiary/aromatic N) is 2. The molecule has 0 spiro atoms. The van der Waals surface area contributed by atoms with Gasteiger partial charge in [-0.05, 0) is 29.2 Å². The summed E-state index contributed by atoms with van der Waals surface area (Å²) in [6.45, 7) is 0. The maximum absolute atomic E-state index is 5.80. The van der Waals surface area contributed by atoms with Gasteiger partial charge in [-0.15, -0.1) is 0 Å². The van der Waals surface area contributed by atoms with E-state index in [1.165, 1.54) is 11.5 Å². The monoisotopic (exact) mass is 227 g/mol. The molecular formula is C12H9N3S. The molecule has 0 aliphatic carbocycles. The largest absolute Gasteiger partial charge is 0.384 e. The number of fused-ring (bicyclic) bond motifs is 1. The van der Waals surface area contributed by atoms with Crippen molar-refractivity contribution in [1.82, 2.24) is 9.36 Å². The second-order valence-electron chi connectivity index (χ2n) is 3.52. The molecule has 0 saturated heterocycles. The van der Waals surface area contributed by atoms with Crippen LogP contribution in [0.3, 0.4) is 0 Å². The Morgan fingerprint density at radius 3 is 2.88 bits per heavy atom. The van der Waals surface area contributed by atoms with E-state index >= 15 is 0 Å². The van der Waals surface area contributed by atoms with Crippen molar-refractivity contribution in [1.29, 1.82) is 0 Å². The van der Waals surface area contributed by atoms with E-state index in [4.69, 9.17) is 5.73 Å². The van der Waals surface area contributed by atoms with E-state index in [1.54, 1.807) is 0 Å². The average Bonchev–Trinajstić information content (AvgIpc) is 2.81. The summed E-state index contributed by atoms with van der Waals surface area (Å²) in [6, 6.07) is 9.88. The van der Waals surface area contributed by atoms with Crippen LogP contribution in [0.5, 0.6) is 0 Å². The second kappa shape index (κ2) is 3.57.